The van der Waals surface area contributed by atoms with Gasteiger partial charge >= 0.3 is 17.9 Å². The first-order chi connectivity index (χ1) is 34.0. The quantitative estimate of drug-likeness (QED) is 0.0261. The summed E-state index contributed by atoms with van der Waals surface area (Å²) in [5.74, 6) is -0.864. The molecular formula is C63H118O6. The van der Waals surface area contributed by atoms with E-state index in [2.05, 4.69) is 45.1 Å². The molecule has 0 aliphatic rings. The molecule has 406 valence electrons. The van der Waals surface area contributed by atoms with Gasteiger partial charge in [-0.25, -0.2) is 0 Å². The van der Waals surface area contributed by atoms with Crippen molar-refractivity contribution in [2.45, 2.75) is 348 Å². The third-order valence-corrected chi connectivity index (χ3v) is 13.9. The zero-order valence-electron chi connectivity index (χ0n) is 46.6. The molecule has 1 unspecified atom stereocenters. The normalized spacial score (nSPS) is 12.1. The summed E-state index contributed by atoms with van der Waals surface area (Å²) >= 11 is 0. The maximum absolute atomic E-state index is 12.8. The molecular weight excluding hydrogens is 853 g/mol. The van der Waals surface area contributed by atoms with Crippen LogP contribution in [0.4, 0.5) is 0 Å². The Balaban J connectivity index is 3.96. The lowest BCUT2D eigenvalue weighted by molar-refractivity contribution is -0.167. The van der Waals surface area contributed by atoms with E-state index in [4.69, 9.17) is 14.2 Å². The van der Waals surface area contributed by atoms with E-state index in [1.54, 1.807) is 0 Å². The highest BCUT2D eigenvalue weighted by Gasteiger charge is 2.19. The Labute approximate surface area is 430 Å². The number of ether oxygens (including phenoxy) is 3. The summed E-state index contributed by atoms with van der Waals surface area (Å²) in [5.41, 5.74) is 0. The molecule has 0 aromatic heterocycles. The number of allylic oxidation sites excluding steroid dienone is 4. The molecule has 0 radical (unpaired) electrons. The predicted molar refractivity (Wildman–Crippen MR) is 298 cm³/mol. The van der Waals surface area contributed by atoms with E-state index >= 15 is 0 Å². The number of esters is 3. The summed E-state index contributed by atoms with van der Waals surface area (Å²) in [5, 5.41) is 0. The Kier molecular flexibility index (Phi) is 56.7. The van der Waals surface area contributed by atoms with Crippen LogP contribution in [0.25, 0.3) is 0 Å². The van der Waals surface area contributed by atoms with Gasteiger partial charge in [0.15, 0.2) is 6.10 Å². The predicted octanol–water partition coefficient (Wildman–Crippen LogP) is 20.7. The van der Waals surface area contributed by atoms with Gasteiger partial charge in [0.25, 0.3) is 0 Å². The molecule has 0 saturated carbocycles. The van der Waals surface area contributed by atoms with E-state index in [1.807, 2.05) is 0 Å². The van der Waals surface area contributed by atoms with Gasteiger partial charge in [0.1, 0.15) is 13.2 Å². The van der Waals surface area contributed by atoms with Crippen LogP contribution in [0.15, 0.2) is 24.3 Å². The Morgan fingerprint density at radius 2 is 0.507 bits per heavy atom. The molecule has 69 heavy (non-hydrogen) atoms. The molecule has 0 aromatic rings. The Hall–Kier alpha value is -2.11. The second-order valence-electron chi connectivity index (χ2n) is 21.0. The monoisotopic (exact) mass is 971 g/mol. The van der Waals surface area contributed by atoms with E-state index in [-0.39, 0.29) is 31.1 Å². The standard InChI is InChI=1S/C63H118O6/c1-4-7-10-13-16-19-22-23-24-25-26-27-28-29-30-31-32-33-34-35-36-37-38-39-40-41-42-45-47-50-53-56-62(65)68-59-60(69-63(66)57-54-51-48-44-21-18-15-12-9-6-3)58-67-61(64)55-52-49-46-43-20-17-14-11-8-5-2/h12,15,25-26,60H,4-11,13-14,16-24,27-59H2,1-3H3/b15-12-,26-25-. The summed E-state index contributed by atoms with van der Waals surface area (Å²) in [6, 6.07) is 0. The molecule has 6 heteroatoms. The first-order valence-electron chi connectivity index (χ1n) is 30.8. The molecule has 0 aliphatic heterocycles. The number of unbranched alkanes of at least 4 members (excludes halogenated alkanes) is 42. The average Bonchev–Trinajstić information content (AvgIpc) is 3.35. The van der Waals surface area contributed by atoms with Gasteiger partial charge in [0.05, 0.1) is 0 Å². The van der Waals surface area contributed by atoms with Crippen molar-refractivity contribution < 1.29 is 28.6 Å². The number of rotatable bonds is 57. The maximum Gasteiger partial charge on any atom is 0.306 e. The van der Waals surface area contributed by atoms with E-state index in [9.17, 15) is 14.4 Å². The topological polar surface area (TPSA) is 78.9 Å². The fourth-order valence-electron chi connectivity index (χ4n) is 9.27. The molecule has 0 bridgehead atoms. The first kappa shape index (κ1) is 66.9. The van der Waals surface area contributed by atoms with Crippen LogP contribution in [0.1, 0.15) is 342 Å². The third-order valence-electron chi connectivity index (χ3n) is 13.9. The van der Waals surface area contributed by atoms with E-state index in [0.29, 0.717) is 19.3 Å². The summed E-state index contributed by atoms with van der Waals surface area (Å²) in [6.07, 6.45) is 69.3. The van der Waals surface area contributed by atoms with Gasteiger partial charge in [0, 0.05) is 19.3 Å². The van der Waals surface area contributed by atoms with Crippen molar-refractivity contribution in [3.63, 3.8) is 0 Å². The van der Waals surface area contributed by atoms with Gasteiger partial charge in [-0.2, -0.15) is 0 Å². The van der Waals surface area contributed by atoms with Gasteiger partial charge in [-0.15, -0.1) is 0 Å². The van der Waals surface area contributed by atoms with Crippen molar-refractivity contribution in [3.8, 4) is 0 Å². The smallest absolute Gasteiger partial charge is 0.306 e. The van der Waals surface area contributed by atoms with E-state index in [1.165, 1.54) is 225 Å². The van der Waals surface area contributed by atoms with Crippen LogP contribution in [-0.4, -0.2) is 37.2 Å². The van der Waals surface area contributed by atoms with Crippen LogP contribution < -0.4 is 0 Å². The molecule has 0 saturated heterocycles. The minimum absolute atomic E-state index is 0.0697. The summed E-state index contributed by atoms with van der Waals surface area (Å²) in [4.78, 5) is 38.0. The van der Waals surface area contributed by atoms with Crippen LogP contribution >= 0.6 is 0 Å². The molecule has 0 N–H and O–H groups in total. The van der Waals surface area contributed by atoms with Crippen LogP contribution in [0.2, 0.25) is 0 Å². The zero-order valence-corrected chi connectivity index (χ0v) is 46.6. The summed E-state index contributed by atoms with van der Waals surface area (Å²) in [6.45, 7) is 6.60. The third kappa shape index (κ3) is 56.7. The van der Waals surface area contributed by atoms with E-state index < -0.39 is 6.10 Å². The zero-order chi connectivity index (χ0) is 50.0. The molecule has 0 aromatic carbocycles. The Bertz CT molecular complexity index is 1110. The largest absolute Gasteiger partial charge is 0.462 e. The number of carbonyl (C=O) groups excluding carboxylic acids is 3. The van der Waals surface area contributed by atoms with Crippen molar-refractivity contribution in [1.29, 1.82) is 0 Å². The second kappa shape index (κ2) is 58.5. The highest BCUT2D eigenvalue weighted by Crippen LogP contribution is 2.17. The maximum atomic E-state index is 12.8. The molecule has 0 aliphatic carbocycles. The van der Waals surface area contributed by atoms with Crippen molar-refractivity contribution in [2.24, 2.45) is 0 Å². The summed E-state index contributed by atoms with van der Waals surface area (Å²) < 4.78 is 16.8. The van der Waals surface area contributed by atoms with Crippen LogP contribution in [-0.2, 0) is 28.6 Å². The second-order valence-corrected chi connectivity index (χ2v) is 21.0. The van der Waals surface area contributed by atoms with Crippen molar-refractivity contribution in [1.82, 2.24) is 0 Å². The average molecular weight is 972 g/mol. The lowest BCUT2D eigenvalue weighted by Crippen LogP contribution is -2.30. The fourth-order valence-corrected chi connectivity index (χ4v) is 9.27. The molecule has 0 rings (SSSR count). The molecule has 1 atom stereocenters. The number of hydrogen-bond acceptors (Lipinski definition) is 6. The fraction of sp³-hybridized carbons (Fsp3) is 0.889. The molecule has 0 heterocycles. The van der Waals surface area contributed by atoms with Crippen molar-refractivity contribution in [3.05, 3.63) is 24.3 Å². The van der Waals surface area contributed by atoms with Gasteiger partial charge < -0.3 is 14.2 Å². The minimum atomic E-state index is -0.769. The van der Waals surface area contributed by atoms with Gasteiger partial charge in [-0.1, -0.05) is 283 Å². The van der Waals surface area contributed by atoms with Crippen molar-refractivity contribution >= 4 is 17.9 Å². The number of hydrogen-bond donors (Lipinski definition) is 0. The van der Waals surface area contributed by atoms with Crippen LogP contribution in [0, 0.1) is 0 Å². The highest BCUT2D eigenvalue weighted by atomic mass is 16.6. The molecule has 0 spiro atoms. The van der Waals surface area contributed by atoms with Gasteiger partial charge in [-0.05, 0) is 64.2 Å². The molecule has 0 fully saturated rings. The molecule has 6 nitrogen and oxygen atoms in total. The lowest BCUT2D eigenvalue weighted by Gasteiger charge is -2.18. The summed E-state index contributed by atoms with van der Waals surface area (Å²) in [7, 11) is 0. The lowest BCUT2D eigenvalue weighted by atomic mass is 10.0. The van der Waals surface area contributed by atoms with Gasteiger partial charge in [0.2, 0.25) is 0 Å². The van der Waals surface area contributed by atoms with Crippen LogP contribution in [0.3, 0.4) is 0 Å². The van der Waals surface area contributed by atoms with Crippen LogP contribution in [0.5, 0.6) is 0 Å². The van der Waals surface area contributed by atoms with Crippen molar-refractivity contribution in [2.75, 3.05) is 13.2 Å². The number of carbonyl (C=O) groups is 3. The Morgan fingerprint density at radius 3 is 0.783 bits per heavy atom. The Morgan fingerprint density at radius 1 is 0.275 bits per heavy atom. The minimum Gasteiger partial charge on any atom is -0.462 e. The highest BCUT2D eigenvalue weighted by molar-refractivity contribution is 5.71. The van der Waals surface area contributed by atoms with Gasteiger partial charge in [-0.3, -0.25) is 14.4 Å². The van der Waals surface area contributed by atoms with E-state index in [0.717, 1.165) is 77.0 Å². The first-order valence-corrected chi connectivity index (χ1v) is 30.8. The molecule has 0 amide bonds. The SMILES string of the molecule is CCC/C=C\CCCCCCCC(=O)OC(COC(=O)CCCCCCCCCCCC)COC(=O)CCCCCCCCCCCCCCCCCCCCC/C=C\CCCCCCCCCC.